The fourth-order valence-corrected chi connectivity index (χ4v) is 2.53. The molecule has 0 radical (unpaired) electrons. The maximum absolute atomic E-state index is 11.0. The second-order valence-corrected chi connectivity index (χ2v) is 5.51. The van der Waals surface area contributed by atoms with Crippen LogP contribution in [0.1, 0.15) is 24.5 Å². The van der Waals surface area contributed by atoms with Gasteiger partial charge in [-0.1, -0.05) is 0 Å². The molecule has 0 saturated heterocycles. The van der Waals surface area contributed by atoms with Crippen molar-refractivity contribution in [1.29, 1.82) is 0 Å². The number of aryl methyl sites for hydroxylation is 1. The first-order valence-corrected chi connectivity index (χ1v) is 6.29. The topological polar surface area (TPSA) is 105 Å². The number of nitrogens with two attached hydrogens (primary N) is 2. The van der Waals surface area contributed by atoms with Crippen LogP contribution in [0.4, 0.5) is 0 Å². The first-order chi connectivity index (χ1) is 6.82. The second kappa shape index (κ2) is 5.78. The Bertz CT molecular complexity index is 387. The van der Waals surface area contributed by atoms with Crippen molar-refractivity contribution in [2.24, 2.45) is 10.9 Å². The van der Waals surface area contributed by atoms with Crippen molar-refractivity contribution in [3.05, 3.63) is 10.7 Å². The molecular formula is C8H17N3O2S2. The standard InChI is InChI=1S/C7H12N2O2S2.CH5N/c1-4-5(13(8)11)12-6(9-4)7(2,3)10;1-2/h10H,8H2,1-3H3;2H2,1H3. The molecule has 0 saturated carbocycles. The Kier molecular flexibility index (Phi) is 5.71. The number of aromatic nitrogens is 1. The Balaban J connectivity index is 0.000000921. The number of aliphatic hydroxyl groups is 1. The van der Waals surface area contributed by atoms with E-state index in [1.165, 1.54) is 18.4 Å². The third-order valence-electron chi connectivity index (χ3n) is 1.46. The molecule has 1 aromatic heterocycles. The van der Waals surface area contributed by atoms with E-state index in [0.717, 1.165) is 0 Å². The molecule has 0 aliphatic heterocycles. The van der Waals surface area contributed by atoms with Gasteiger partial charge in [0.1, 0.15) is 0 Å². The molecule has 0 amide bonds. The molecule has 5 nitrogen and oxygen atoms in total. The Morgan fingerprint density at radius 3 is 2.13 bits per heavy atom. The molecule has 1 heterocycles. The van der Waals surface area contributed by atoms with Crippen LogP contribution < -0.4 is 10.9 Å². The summed E-state index contributed by atoms with van der Waals surface area (Å²) in [5, 5.41) is 15.4. The second-order valence-electron chi connectivity index (χ2n) is 3.25. The summed E-state index contributed by atoms with van der Waals surface area (Å²) in [5.41, 5.74) is 4.13. The number of rotatable bonds is 1. The summed E-state index contributed by atoms with van der Waals surface area (Å²) < 4.78 is 11.5. The van der Waals surface area contributed by atoms with Crippen molar-refractivity contribution in [3.63, 3.8) is 0 Å². The van der Waals surface area contributed by atoms with Gasteiger partial charge in [0.15, 0.2) is 0 Å². The minimum absolute atomic E-state index is 0.525. The normalized spacial score (nSPS) is 11.1. The zero-order valence-electron chi connectivity index (χ0n) is 9.27. The maximum atomic E-state index is 11.0. The van der Waals surface area contributed by atoms with E-state index in [1.807, 2.05) is 0 Å². The molecule has 1 aromatic rings. The van der Waals surface area contributed by atoms with Gasteiger partial charge in [0, 0.05) is 0 Å². The Labute approximate surface area is 95.8 Å². The molecule has 0 aliphatic carbocycles. The predicted octanol–water partition coefficient (Wildman–Crippen LogP) is 0.450. The molecule has 0 spiro atoms. The molecule has 7 heteroatoms. The van der Waals surface area contributed by atoms with Crippen molar-refractivity contribution in [1.82, 2.24) is 4.98 Å². The molecular weight excluding hydrogens is 234 g/mol. The van der Waals surface area contributed by atoms with Crippen LogP contribution in [0.5, 0.6) is 0 Å². The van der Waals surface area contributed by atoms with Gasteiger partial charge >= 0.3 is 82.7 Å². The molecule has 1 rings (SSSR count). The first-order valence-electron chi connectivity index (χ1n) is 4.26. The summed E-state index contributed by atoms with van der Waals surface area (Å²) in [6.45, 7) is 4.99. The van der Waals surface area contributed by atoms with Crippen molar-refractivity contribution >= 4 is 22.2 Å². The molecule has 0 aliphatic rings. The van der Waals surface area contributed by atoms with Gasteiger partial charge in [0.2, 0.25) is 0 Å². The van der Waals surface area contributed by atoms with Gasteiger partial charge in [-0.3, -0.25) is 0 Å². The van der Waals surface area contributed by atoms with Crippen LogP contribution in [0.15, 0.2) is 4.21 Å². The zero-order valence-corrected chi connectivity index (χ0v) is 10.9. The van der Waals surface area contributed by atoms with Gasteiger partial charge in [-0.05, 0) is 7.05 Å². The van der Waals surface area contributed by atoms with Crippen molar-refractivity contribution in [2.75, 3.05) is 7.05 Å². The quantitative estimate of drug-likeness (QED) is 0.498. The van der Waals surface area contributed by atoms with Crippen molar-refractivity contribution in [2.45, 2.75) is 30.6 Å². The van der Waals surface area contributed by atoms with Gasteiger partial charge in [-0.25, -0.2) is 0 Å². The van der Waals surface area contributed by atoms with Crippen LogP contribution in [-0.2, 0) is 20.5 Å². The van der Waals surface area contributed by atoms with E-state index in [4.69, 9.17) is 5.14 Å². The third-order valence-corrected chi connectivity index (χ3v) is 4.13. The zero-order chi connectivity index (χ0) is 12.2. The number of hydrogen-bond donors (Lipinski definition) is 3. The van der Waals surface area contributed by atoms with E-state index in [0.29, 0.717) is 14.9 Å². The summed E-state index contributed by atoms with van der Waals surface area (Å²) in [7, 11) is -0.00960. The Morgan fingerprint density at radius 2 is 1.93 bits per heavy atom. The van der Waals surface area contributed by atoms with Crippen LogP contribution in [0.2, 0.25) is 0 Å². The van der Waals surface area contributed by atoms with Crippen LogP contribution in [-0.4, -0.2) is 17.1 Å². The van der Waals surface area contributed by atoms with Gasteiger partial charge in [-0.2, -0.15) is 0 Å². The number of thiazole rings is 1. The monoisotopic (exact) mass is 251 g/mol. The minimum atomic E-state index is -1.51. The van der Waals surface area contributed by atoms with E-state index < -0.39 is 16.4 Å². The molecule has 15 heavy (non-hydrogen) atoms. The van der Waals surface area contributed by atoms with Crippen LogP contribution >= 0.6 is 11.3 Å². The van der Waals surface area contributed by atoms with E-state index in [1.54, 1.807) is 20.8 Å². The van der Waals surface area contributed by atoms with E-state index >= 15 is 0 Å². The molecule has 88 valence electrons. The molecule has 5 N–H and O–H groups in total. The summed E-state index contributed by atoms with van der Waals surface area (Å²) in [4.78, 5) is 4.10. The van der Waals surface area contributed by atoms with Gasteiger partial charge in [0.25, 0.3) is 0 Å². The summed E-state index contributed by atoms with van der Waals surface area (Å²) in [6, 6.07) is 0. The predicted molar refractivity (Wildman–Crippen MR) is 62.7 cm³/mol. The molecule has 0 unspecified atom stereocenters. The molecule has 0 fully saturated rings. The first kappa shape index (κ1) is 14.8. The van der Waals surface area contributed by atoms with Gasteiger partial charge in [0.05, 0.1) is 0 Å². The van der Waals surface area contributed by atoms with E-state index in [9.17, 15) is 9.15 Å². The molecule has 0 atom stereocenters. The van der Waals surface area contributed by atoms with Crippen LogP contribution in [0.25, 0.3) is 0 Å². The van der Waals surface area contributed by atoms with Gasteiger partial charge in [-0.15, -0.1) is 0 Å². The van der Waals surface area contributed by atoms with Gasteiger partial charge < -0.3 is 5.73 Å². The van der Waals surface area contributed by atoms with Crippen molar-refractivity contribution in [3.8, 4) is 0 Å². The fourth-order valence-electron chi connectivity index (χ4n) is 0.831. The third kappa shape index (κ3) is 4.06. The Hall–Kier alpha value is -0.180. The van der Waals surface area contributed by atoms with E-state index in [-0.39, 0.29) is 0 Å². The SMILES string of the molecule is CN.Cc1nc(C(C)(C)O)sc1[S-](N)#[O+]. The number of hydrogen-bond acceptors (Lipinski definition) is 6. The Morgan fingerprint density at radius 1 is 1.47 bits per heavy atom. The van der Waals surface area contributed by atoms with E-state index in [2.05, 4.69) is 10.7 Å². The average Bonchev–Trinajstić information content (AvgIpc) is 2.50. The van der Waals surface area contributed by atoms with Crippen LogP contribution in [0, 0.1) is 6.92 Å². The summed E-state index contributed by atoms with van der Waals surface area (Å²) >= 11 is 1.19. The molecule has 0 aromatic carbocycles. The fraction of sp³-hybridized carbons (Fsp3) is 0.625. The summed E-state index contributed by atoms with van der Waals surface area (Å²) in [5.74, 6) is 0. The molecule has 0 bridgehead atoms. The number of nitrogens with zero attached hydrogens (tertiary/aromatic N) is 1. The van der Waals surface area contributed by atoms with Crippen molar-refractivity contribution < 1.29 is 9.15 Å². The van der Waals surface area contributed by atoms with Crippen LogP contribution in [0.3, 0.4) is 0 Å². The average molecular weight is 251 g/mol. The summed E-state index contributed by atoms with van der Waals surface area (Å²) in [6.07, 6.45) is 0.